The van der Waals surface area contributed by atoms with Crippen molar-refractivity contribution in [2.45, 2.75) is 33.9 Å². The molecule has 0 aromatic carbocycles. The van der Waals surface area contributed by atoms with E-state index in [2.05, 4.69) is 22.2 Å². The monoisotopic (exact) mass is 309 g/mol. The fourth-order valence-electron chi connectivity index (χ4n) is 2.87. The smallest absolute Gasteiger partial charge is 0.317 e. The lowest BCUT2D eigenvalue weighted by Gasteiger charge is -2.34. The summed E-state index contributed by atoms with van der Waals surface area (Å²) in [4.78, 5) is 16.0. The molecule has 7 nitrogen and oxygen atoms in total. The molecule has 0 saturated carbocycles. The quantitative estimate of drug-likeness (QED) is 0.822. The first-order valence-corrected chi connectivity index (χ1v) is 7.95. The Labute approximate surface area is 131 Å². The van der Waals surface area contributed by atoms with E-state index in [9.17, 15) is 4.79 Å². The number of aliphatic hydroxyl groups excluding tert-OH is 1. The van der Waals surface area contributed by atoms with Crippen LogP contribution in [0.15, 0.2) is 0 Å². The largest absolute Gasteiger partial charge is 0.394 e. The summed E-state index contributed by atoms with van der Waals surface area (Å²) in [5.74, 6) is 0. The fraction of sp³-hybridized carbons (Fsp3) is 0.733. The van der Waals surface area contributed by atoms with Crippen LogP contribution < -0.4 is 5.32 Å². The van der Waals surface area contributed by atoms with Gasteiger partial charge in [0.25, 0.3) is 0 Å². The highest BCUT2D eigenvalue weighted by Crippen LogP contribution is 2.16. The van der Waals surface area contributed by atoms with Gasteiger partial charge in [-0.15, -0.1) is 0 Å². The zero-order valence-electron chi connectivity index (χ0n) is 13.8. The highest BCUT2D eigenvalue weighted by Gasteiger charge is 2.22. The third-order valence-corrected chi connectivity index (χ3v) is 4.21. The van der Waals surface area contributed by atoms with Crippen molar-refractivity contribution in [1.82, 2.24) is 24.9 Å². The number of rotatable bonds is 5. The number of aryl methyl sites for hydroxylation is 1. The summed E-state index contributed by atoms with van der Waals surface area (Å²) in [5.41, 5.74) is 3.38. The highest BCUT2D eigenvalue weighted by atomic mass is 16.3. The van der Waals surface area contributed by atoms with E-state index in [-0.39, 0.29) is 12.6 Å². The molecule has 0 aliphatic carbocycles. The molecule has 0 radical (unpaired) electrons. The first-order chi connectivity index (χ1) is 10.6. The lowest BCUT2D eigenvalue weighted by atomic mass is 10.1. The first kappa shape index (κ1) is 16.8. The fourth-order valence-corrected chi connectivity index (χ4v) is 2.87. The molecular weight excluding hydrogens is 282 g/mol. The molecule has 1 aromatic rings. The van der Waals surface area contributed by atoms with Gasteiger partial charge < -0.3 is 15.3 Å². The minimum Gasteiger partial charge on any atom is -0.394 e. The van der Waals surface area contributed by atoms with Crippen molar-refractivity contribution >= 4 is 6.03 Å². The molecule has 2 N–H and O–H groups in total. The van der Waals surface area contributed by atoms with Gasteiger partial charge in [0.15, 0.2) is 0 Å². The van der Waals surface area contributed by atoms with Gasteiger partial charge in [-0.05, 0) is 20.8 Å². The molecule has 2 heterocycles. The average Bonchev–Trinajstić information content (AvgIpc) is 2.76. The van der Waals surface area contributed by atoms with Gasteiger partial charge in [-0.1, -0.05) is 0 Å². The van der Waals surface area contributed by atoms with Crippen LogP contribution in [0.3, 0.4) is 0 Å². The number of nitrogens with one attached hydrogen (secondary N) is 1. The van der Waals surface area contributed by atoms with Crippen LogP contribution in [0.25, 0.3) is 0 Å². The van der Waals surface area contributed by atoms with Crippen molar-refractivity contribution in [2.24, 2.45) is 0 Å². The van der Waals surface area contributed by atoms with Gasteiger partial charge in [-0.25, -0.2) is 4.79 Å². The number of hydrogen-bond donors (Lipinski definition) is 2. The molecule has 0 bridgehead atoms. The number of amides is 2. The predicted molar refractivity (Wildman–Crippen MR) is 84.7 cm³/mol. The maximum atomic E-state index is 11.8. The Morgan fingerprint density at radius 3 is 2.55 bits per heavy atom. The van der Waals surface area contributed by atoms with Crippen LogP contribution in [-0.4, -0.2) is 70.0 Å². The van der Waals surface area contributed by atoms with E-state index in [1.165, 1.54) is 5.56 Å². The molecule has 1 aliphatic heterocycles. The number of nitrogens with zero attached hydrogens (tertiary/aromatic N) is 4. The van der Waals surface area contributed by atoms with E-state index in [0.717, 1.165) is 44.1 Å². The second kappa shape index (κ2) is 7.60. The van der Waals surface area contributed by atoms with E-state index in [1.54, 1.807) is 0 Å². The molecule has 1 fully saturated rings. The summed E-state index contributed by atoms with van der Waals surface area (Å²) >= 11 is 0. The van der Waals surface area contributed by atoms with E-state index < -0.39 is 0 Å². The van der Waals surface area contributed by atoms with Crippen LogP contribution in [-0.2, 0) is 13.1 Å². The Kier molecular flexibility index (Phi) is 5.79. The number of aromatic nitrogens is 2. The lowest BCUT2D eigenvalue weighted by Crippen LogP contribution is -2.51. The van der Waals surface area contributed by atoms with Crippen molar-refractivity contribution in [2.75, 3.05) is 39.3 Å². The van der Waals surface area contributed by atoms with Gasteiger partial charge in [-0.3, -0.25) is 9.58 Å². The Balaban J connectivity index is 1.92. The van der Waals surface area contributed by atoms with Crippen LogP contribution in [0, 0.1) is 13.8 Å². The van der Waals surface area contributed by atoms with Gasteiger partial charge in [0.05, 0.1) is 18.8 Å². The van der Waals surface area contributed by atoms with Gasteiger partial charge in [-0.2, -0.15) is 5.10 Å². The summed E-state index contributed by atoms with van der Waals surface area (Å²) in [7, 11) is 0. The van der Waals surface area contributed by atoms with Crippen LogP contribution in [0.5, 0.6) is 0 Å². The third-order valence-electron chi connectivity index (χ3n) is 4.21. The number of hydrogen-bond acceptors (Lipinski definition) is 4. The zero-order chi connectivity index (χ0) is 16.1. The summed E-state index contributed by atoms with van der Waals surface area (Å²) in [6, 6.07) is 0.0327. The molecule has 1 aromatic heterocycles. The van der Waals surface area contributed by atoms with Crippen molar-refractivity contribution in [3.8, 4) is 0 Å². The summed E-state index contributed by atoms with van der Waals surface area (Å²) < 4.78 is 1.87. The number of carbonyl (C=O) groups is 1. The number of urea groups is 1. The Hall–Kier alpha value is -1.60. The van der Waals surface area contributed by atoms with E-state index in [1.807, 2.05) is 23.4 Å². The Bertz CT molecular complexity index is 506. The lowest BCUT2D eigenvalue weighted by molar-refractivity contribution is 0.135. The van der Waals surface area contributed by atoms with Crippen LogP contribution >= 0.6 is 0 Å². The van der Waals surface area contributed by atoms with E-state index >= 15 is 0 Å². The van der Waals surface area contributed by atoms with Crippen molar-refractivity contribution in [3.05, 3.63) is 17.0 Å². The van der Waals surface area contributed by atoms with E-state index in [4.69, 9.17) is 5.11 Å². The number of piperazine rings is 1. The number of aliphatic hydroxyl groups is 1. The minimum absolute atomic E-state index is 0.0327. The number of carbonyl (C=O) groups excluding carboxylic acids is 1. The molecule has 0 spiro atoms. The zero-order valence-corrected chi connectivity index (χ0v) is 13.8. The standard InChI is InChI=1S/C15H27N5O2/c1-4-16-15(22)19-7-5-18(6-8-19)11-14-12(2)17-20(9-10-21)13(14)3/h21H,4-11H2,1-3H3,(H,16,22). The summed E-state index contributed by atoms with van der Waals surface area (Å²) in [6.07, 6.45) is 0. The minimum atomic E-state index is 0.0327. The van der Waals surface area contributed by atoms with Crippen molar-refractivity contribution < 1.29 is 9.90 Å². The van der Waals surface area contributed by atoms with Gasteiger partial charge in [0.2, 0.25) is 0 Å². The SMILES string of the molecule is CCNC(=O)N1CCN(Cc2c(C)nn(CCO)c2C)CC1. The molecule has 124 valence electrons. The van der Waals surface area contributed by atoms with Gasteiger partial charge in [0.1, 0.15) is 0 Å². The molecule has 0 unspecified atom stereocenters. The predicted octanol–water partition coefficient (Wildman–Crippen LogP) is 0.339. The Morgan fingerprint density at radius 1 is 1.27 bits per heavy atom. The molecule has 1 aliphatic rings. The first-order valence-electron chi connectivity index (χ1n) is 7.95. The molecule has 7 heteroatoms. The Morgan fingerprint density at radius 2 is 1.95 bits per heavy atom. The average molecular weight is 309 g/mol. The van der Waals surface area contributed by atoms with Gasteiger partial charge >= 0.3 is 6.03 Å². The normalized spacial score (nSPS) is 16.1. The topological polar surface area (TPSA) is 73.6 Å². The third kappa shape index (κ3) is 3.78. The second-order valence-electron chi connectivity index (χ2n) is 5.69. The second-order valence-corrected chi connectivity index (χ2v) is 5.69. The molecule has 0 atom stereocenters. The molecule has 2 amide bonds. The highest BCUT2D eigenvalue weighted by molar-refractivity contribution is 5.74. The molecule has 1 saturated heterocycles. The van der Waals surface area contributed by atoms with Crippen LogP contribution in [0.4, 0.5) is 4.79 Å². The molecule has 2 rings (SSSR count). The maximum absolute atomic E-state index is 11.8. The van der Waals surface area contributed by atoms with Crippen molar-refractivity contribution in [3.63, 3.8) is 0 Å². The van der Waals surface area contributed by atoms with Crippen molar-refractivity contribution in [1.29, 1.82) is 0 Å². The molecule has 22 heavy (non-hydrogen) atoms. The van der Waals surface area contributed by atoms with E-state index in [0.29, 0.717) is 13.1 Å². The summed E-state index contributed by atoms with van der Waals surface area (Å²) in [5, 5.41) is 16.4. The van der Waals surface area contributed by atoms with Crippen LogP contribution in [0.2, 0.25) is 0 Å². The van der Waals surface area contributed by atoms with Crippen LogP contribution in [0.1, 0.15) is 23.9 Å². The van der Waals surface area contributed by atoms with Gasteiger partial charge in [0, 0.05) is 50.5 Å². The molecular formula is C15H27N5O2. The summed E-state index contributed by atoms with van der Waals surface area (Å²) in [6.45, 7) is 11.4. The maximum Gasteiger partial charge on any atom is 0.317 e.